The summed E-state index contributed by atoms with van der Waals surface area (Å²) in [4.78, 5) is 0. The van der Waals surface area contributed by atoms with E-state index in [1.165, 1.54) is 25.7 Å². The van der Waals surface area contributed by atoms with Gasteiger partial charge in [0.25, 0.3) is 0 Å². The van der Waals surface area contributed by atoms with Crippen molar-refractivity contribution in [2.75, 3.05) is 0 Å². The minimum atomic E-state index is 0.281. The topological polar surface area (TPSA) is 12.0 Å². The summed E-state index contributed by atoms with van der Waals surface area (Å²) in [5.74, 6) is 3.79. The molecule has 1 saturated carbocycles. The molecule has 2 atom stereocenters. The maximum atomic E-state index is 5.42. The standard InChI is InChI=1S/C12H21N/c1-4-11(5-2)13-12(6-3)9-10-7-8-10/h1,10-13H,5-9H2,2-3H3. The quantitative estimate of drug-likeness (QED) is 0.618. The molecule has 0 saturated heterocycles. The molecule has 1 nitrogen and oxygen atoms in total. The van der Waals surface area contributed by atoms with Gasteiger partial charge < -0.3 is 5.32 Å². The number of hydrogen-bond donors (Lipinski definition) is 1. The third-order valence-electron chi connectivity index (χ3n) is 2.85. The van der Waals surface area contributed by atoms with E-state index in [-0.39, 0.29) is 6.04 Å². The van der Waals surface area contributed by atoms with Crippen molar-refractivity contribution >= 4 is 0 Å². The Balaban J connectivity index is 2.24. The van der Waals surface area contributed by atoms with Crippen LogP contribution in [0, 0.1) is 18.3 Å². The van der Waals surface area contributed by atoms with Gasteiger partial charge in [-0.25, -0.2) is 0 Å². The molecule has 1 heteroatoms. The molecule has 1 N–H and O–H groups in total. The van der Waals surface area contributed by atoms with E-state index in [1.807, 2.05) is 0 Å². The van der Waals surface area contributed by atoms with Crippen molar-refractivity contribution in [3.05, 3.63) is 0 Å². The van der Waals surface area contributed by atoms with Crippen LogP contribution in [0.25, 0.3) is 0 Å². The molecule has 0 aromatic carbocycles. The van der Waals surface area contributed by atoms with Gasteiger partial charge in [0.1, 0.15) is 0 Å². The normalized spacial score (nSPS) is 20.7. The van der Waals surface area contributed by atoms with Crippen LogP contribution in [0.2, 0.25) is 0 Å². The van der Waals surface area contributed by atoms with Crippen LogP contribution in [-0.4, -0.2) is 12.1 Å². The van der Waals surface area contributed by atoms with Gasteiger partial charge in [-0.2, -0.15) is 0 Å². The first-order valence-corrected chi connectivity index (χ1v) is 5.52. The van der Waals surface area contributed by atoms with E-state index in [0.29, 0.717) is 6.04 Å². The van der Waals surface area contributed by atoms with E-state index in [1.54, 1.807) is 0 Å². The molecule has 0 aliphatic heterocycles. The van der Waals surface area contributed by atoms with Crippen molar-refractivity contribution in [1.29, 1.82) is 0 Å². The highest BCUT2D eigenvalue weighted by atomic mass is 14.9. The second-order valence-electron chi connectivity index (χ2n) is 4.08. The van der Waals surface area contributed by atoms with E-state index in [9.17, 15) is 0 Å². The number of rotatable bonds is 6. The lowest BCUT2D eigenvalue weighted by atomic mass is 10.1. The Morgan fingerprint density at radius 3 is 2.46 bits per heavy atom. The van der Waals surface area contributed by atoms with E-state index in [2.05, 4.69) is 25.1 Å². The molecule has 13 heavy (non-hydrogen) atoms. The Hall–Kier alpha value is -0.480. The van der Waals surface area contributed by atoms with Crippen molar-refractivity contribution in [2.45, 2.75) is 58.0 Å². The summed E-state index contributed by atoms with van der Waals surface area (Å²) in [6, 6.07) is 0.928. The minimum Gasteiger partial charge on any atom is -0.301 e. The van der Waals surface area contributed by atoms with Crippen molar-refractivity contribution in [3.63, 3.8) is 0 Å². The summed E-state index contributed by atoms with van der Waals surface area (Å²) in [6.45, 7) is 4.38. The fourth-order valence-electron chi connectivity index (χ4n) is 1.68. The van der Waals surface area contributed by atoms with Gasteiger partial charge in [0.05, 0.1) is 6.04 Å². The molecule has 0 radical (unpaired) electrons. The molecule has 0 aromatic rings. The van der Waals surface area contributed by atoms with Crippen molar-refractivity contribution in [3.8, 4) is 12.3 Å². The summed E-state index contributed by atoms with van der Waals surface area (Å²) in [6.07, 6.45) is 11.9. The Kier molecular flexibility index (Phi) is 4.32. The number of hydrogen-bond acceptors (Lipinski definition) is 1. The van der Waals surface area contributed by atoms with Gasteiger partial charge in [0.2, 0.25) is 0 Å². The first-order chi connectivity index (χ1) is 6.30. The first-order valence-electron chi connectivity index (χ1n) is 5.52. The van der Waals surface area contributed by atoms with E-state index in [4.69, 9.17) is 6.42 Å². The Bertz CT molecular complexity index is 176. The smallest absolute Gasteiger partial charge is 0.0686 e. The minimum absolute atomic E-state index is 0.281. The van der Waals surface area contributed by atoms with Crippen LogP contribution in [0.3, 0.4) is 0 Å². The van der Waals surface area contributed by atoms with Crippen LogP contribution in [0.1, 0.15) is 46.0 Å². The molecular weight excluding hydrogens is 158 g/mol. The monoisotopic (exact) mass is 179 g/mol. The number of nitrogens with one attached hydrogen (secondary N) is 1. The van der Waals surface area contributed by atoms with Crippen LogP contribution >= 0.6 is 0 Å². The van der Waals surface area contributed by atoms with Crippen LogP contribution in [0.5, 0.6) is 0 Å². The Morgan fingerprint density at radius 2 is 2.08 bits per heavy atom. The average Bonchev–Trinajstić information content (AvgIpc) is 2.95. The predicted molar refractivity (Wildman–Crippen MR) is 57.5 cm³/mol. The molecule has 0 spiro atoms. The molecule has 1 rings (SSSR count). The zero-order valence-electron chi connectivity index (χ0n) is 8.84. The molecule has 0 bridgehead atoms. The van der Waals surface area contributed by atoms with Gasteiger partial charge in [-0.1, -0.05) is 32.6 Å². The van der Waals surface area contributed by atoms with Gasteiger partial charge in [-0.05, 0) is 25.2 Å². The lowest BCUT2D eigenvalue weighted by Crippen LogP contribution is -2.37. The molecule has 74 valence electrons. The fraction of sp³-hybridized carbons (Fsp3) is 0.833. The van der Waals surface area contributed by atoms with Gasteiger partial charge in [-0.15, -0.1) is 6.42 Å². The average molecular weight is 179 g/mol. The van der Waals surface area contributed by atoms with Crippen molar-refractivity contribution in [2.24, 2.45) is 5.92 Å². The molecule has 1 fully saturated rings. The maximum Gasteiger partial charge on any atom is 0.0686 e. The summed E-state index contributed by atoms with van der Waals surface area (Å²) < 4.78 is 0. The predicted octanol–water partition coefficient (Wildman–Crippen LogP) is 2.57. The van der Waals surface area contributed by atoms with Crippen LogP contribution in [0.15, 0.2) is 0 Å². The van der Waals surface area contributed by atoms with Crippen LogP contribution in [0.4, 0.5) is 0 Å². The lowest BCUT2D eigenvalue weighted by Gasteiger charge is -2.20. The highest BCUT2D eigenvalue weighted by Gasteiger charge is 2.25. The number of terminal acetylenes is 1. The highest BCUT2D eigenvalue weighted by Crippen LogP contribution is 2.34. The summed E-state index contributed by atoms with van der Waals surface area (Å²) in [5.41, 5.74) is 0. The molecular formula is C12H21N. The van der Waals surface area contributed by atoms with Crippen molar-refractivity contribution in [1.82, 2.24) is 5.32 Å². The maximum absolute atomic E-state index is 5.42. The SMILES string of the molecule is C#CC(CC)NC(CC)CC1CC1. The van der Waals surface area contributed by atoms with E-state index in [0.717, 1.165) is 12.3 Å². The van der Waals surface area contributed by atoms with Gasteiger partial charge in [0, 0.05) is 6.04 Å². The van der Waals surface area contributed by atoms with Gasteiger partial charge >= 0.3 is 0 Å². The van der Waals surface area contributed by atoms with E-state index >= 15 is 0 Å². The van der Waals surface area contributed by atoms with Crippen molar-refractivity contribution < 1.29 is 0 Å². The van der Waals surface area contributed by atoms with Crippen LogP contribution in [-0.2, 0) is 0 Å². The summed E-state index contributed by atoms with van der Waals surface area (Å²) >= 11 is 0. The van der Waals surface area contributed by atoms with Crippen LogP contribution < -0.4 is 5.32 Å². The Morgan fingerprint density at radius 1 is 1.38 bits per heavy atom. The molecule has 0 aromatic heterocycles. The first kappa shape index (κ1) is 10.6. The zero-order valence-corrected chi connectivity index (χ0v) is 8.84. The third-order valence-corrected chi connectivity index (χ3v) is 2.85. The van der Waals surface area contributed by atoms with Gasteiger partial charge in [-0.3, -0.25) is 0 Å². The molecule has 0 heterocycles. The van der Waals surface area contributed by atoms with E-state index < -0.39 is 0 Å². The zero-order chi connectivity index (χ0) is 9.68. The fourth-order valence-corrected chi connectivity index (χ4v) is 1.68. The molecule has 1 aliphatic rings. The second-order valence-corrected chi connectivity index (χ2v) is 4.08. The highest BCUT2D eigenvalue weighted by molar-refractivity contribution is 4.99. The third kappa shape index (κ3) is 3.83. The second kappa shape index (κ2) is 5.29. The summed E-state index contributed by atoms with van der Waals surface area (Å²) in [7, 11) is 0. The van der Waals surface area contributed by atoms with Gasteiger partial charge in [0.15, 0.2) is 0 Å². The Labute approximate surface area is 82.3 Å². The molecule has 2 unspecified atom stereocenters. The molecule has 1 aliphatic carbocycles. The largest absolute Gasteiger partial charge is 0.301 e. The lowest BCUT2D eigenvalue weighted by molar-refractivity contribution is 0.416. The summed E-state index contributed by atoms with van der Waals surface area (Å²) in [5, 5.41) is 3.54. The molecule has 0 amide bonds.